The Morgan fingerprint density at radius 1 is 1.00 bits per heavy atom. The molecule has 0 unspecified atom stereocenters. The summed E-state index contributed by atoms with van der Waals surface area (Å²) in [4.78, 5) is 6.05. The monoisotopic (exact) mass is 371 g/mol. The van der Waals surface area contributed by atoms with E-state index >= 15 is 0 Å². The molecule has 1 fully saturated rings. The number of aromatic nitrogens is 1. The fourth-order valence-corrected chi connectivity index (χ4v) is 4.25. The lowest BCUT2D eigenvalue weighted by molar-refractivity contribution is 0.385. The topological polar surface area (TPSA) is 53.5 Å². The van der Waals surface area contributed by atoms with Gasteiger partial charge in [-0.3, -0.25) is 0 Å². The average Bonchev–Trinajstić information content (AvgIpc) is 2.58. The third-order valence-electron chi connectivity index (χ3n) is 3.77. The van der Waals surface area contributed by atoms with Gasteiger partial charge < -0.3 is 4.90 Å². The molecule has 0 atom stereocenters. The average molecular weight is 372 g/mol. The fourth-order valence-electron chi connectivity index (χ4n) is 2.52. The molecule has 0 radical (unpaired) electrons. The Hall–Kier alpha value is -1.34. The first-order valence-corrected chi connectivity index (χ1v) is 9.29. The number of halogens is 2. The van der Waals surface area contributed by atoms with E-state index in [1.54, 1.807) is 0 Å². The van der Waals surface area contributed by atoms with Crippen molar-refractivity contribution in [2.24, 2.45) is 0 Å². The van der Waals surface area contributed by atoms with Gasteiger partial charge in [0.1, 0.15) is 10.0 Å². The number of para-hydroxylation sites is 1. The van der Waals surface area contributed by atoms with E-state index in [1.807, 2.05) is 30.3 Å². The van der Waals surface area contributed by atoms with Crippen LogP contribution in [0.4, 0.5) is 5.69 Å². The summed E-state index contributed by atoms with van der Waals surface area (Å²) in [5.41, 5.74) is 1.10. The highest BCUT2D eigenvalue weighted by Gasteiger charge is 2.29. The molecule has 1 aliphatic rings. The number of anilines is 1. The molecule has 122 valence electrons. The fraction of sp³-hybridized carbons (Fsp3) is 0.267. The van der Waals surface area contributed by atoms with Crippen LogP contribution in [0.5, 0.6) is 0 Å². The van der Waals surface area contributed by atoms with E-state index in [-0.39, 0.29) is 15.1 Å². The second kappa shape index (κ2) is 6.65. The van der Waals surface area contributed by atoms with Crippen LogP contribution < -0.4 is 4.90 Å². The first kappa shape index (κ1) is 16.5. The van der Waals surface area contributed by atoms with Gasteiger partial charge in [0, 0.05) is 38.1 Å². The molecule has 0 saturated carbocycles. The highest BCUT2D eigenvalue weighted by atomic mass is 35.5. The van der Waals surface area contributed by atoms with Crippen LogP contribution in [0.2, 0.25) is 10.2 Å². The lowest BCUT2D eigenvalue weighted by Gasteiger charge is -2.35. The van der Waals surface area contributed by atoms with Crippen LogP contribution >= 0.6 is 23.2 Å². The normalized spacial score (nSPS) is 16.5. The van der Waals surface area contributed by atoms with Gasteiger partial charge in [-0.25, -0.2) is 13.4 Å². The van der Waals surface area contributed by atoms with Crippen molar-refractivity contribution in [2.45, 2.75) is 4.90 Å². The lowest BCUT2D eigenvalue weighted by Crippen LogP contribution is -2.48. The SMILES string of the molecule is O=S(=O)(c1cnc(Cl)c(Cl)c1)N1CCN(c2ccccc2)CC1. The van der Waals surface area contributed by atoms with E-state index in [4.69, 9.17) is 23.2 Å². The summed E-state index contributed by atoms with van der Waals surface area (Å²) in [6.45, 7) is 2.10. The van der Waals surface area contributed by atoms with Gasteiger partial charge in [0.2, 0.25) is 10.0 Å². The minimum atomic E-state index is -3.61. The van der Waals surface area contributed by atoms with Crippen molar-refractivity contribution in [3.8, 4) is 0 Å². The van der Waals surface area contributed by atoms with Crippen molar-refractivity contribution < 1.29 is 8.42 Å². The summed E-state index contributed by atoms with van der Waals surface area (Å²) in [7, 11) is -3.61. The molecular weight excluding hydrogens is 357 g/mol. The Morgan fingerprint density at radius 3 is 2.26 bits per heavy atom. The van der Waals surface area contributed by atoms with Crippen molar-refractivity contribution in [3.05, 3.63) is 52.8 Å². The number of pyridine rings is 1. The molecule has 3 rings (SSSR count). The van der Waals surface area contributed by atoms with Crippen molar-refractivity contribution in [2.75, 3.05) is 31.1 Å². The Balaban J connectivity index is 1.75. The molecule has 0 N–H and O–H groups in total. The Morgan fingerprint density at radius 2 is 1.65 bits per heavy atom. The van der Waals surface area contributed by atoms with Gasteiger partial charge in [-0.05, 0) is 18.2 Å². The number of sulfonamides is 1. The predicted octanol–water partition coefficient (Wildman–Crippen LogP) is 2.90. The highest BCUT2D eigenvalue weighted by molar-refractivity contribution is 7.89. The summed E-state index contributed by atoms with van der Waals surface area (Å²) in [6.07, 6.45) is 1.24. The van der Waals surface area contributed by atoms with Gasteiger partial charge >= 0.3 is 0 Å². The first-order chi connectivity index (χ1) is 11.0. The summed E-state index contributed by atoms with van der Waals surface area (Å²) in [5.74, 6) is 0. The van der Waals surface area contributed by atoms with E-state index in [0.717, 1.165) is 5.69 Å². The summed E-state index contributed by atoms with van der Waals surface area (Å²) >= 11 is 11.6. The molecule has 1 aromatic heterocycles. The van der Waals surface area contributed by atoms with E-state index in [1.165, 1.54) is 16.6 Å². The Kier molecular flexibility index (Phi) is 4.77. The molecule has 0 bridgehead atoms. The molecule has 2 aromatic rings. The first-order valence-electron chi connectivity index (χ1n) is 7.10. The van der Waals surface area contributed by atoms with Gasteiger partial charge in [-0.2, -0.15) is 4.31 Å². The second-order valence-electron chi connectivity index (χ2n) is 5.17. The summed E-state index contributed by atoms with van der Waals surface area (Å²) in [6, 6.07) is 11.3. The number of rotatable bonds is 3. The van der Waals surface area contributed by atoms with Crippen molar-refractivity contribution in [1.82, 2.24) is 9.29 Å². The third-order valence-corrected chi connectivity index (χ3v) is 6.32. The molecule has 0 spiro atoms. The molecule has 23 heavy (non-hydrogen) atoms. The van der Waals surface area contributed by atoms with E-state index in [0.29, 0.717) is 26.2 Å². The van der Waals surface area contributed by atoms with Crippen LogP contribution in [-0.4, -0.2) is 43.9 Å². The Labute approximate surface area is 145 Å². The molecule has 8 heteroatoms. The maximum atomic E-state index is 12.7. The highest BCUT2D eigenvalue weighted by Crippen LogP contribution is 2.25. The minimum Gasteiger partial charge on any atom is -0.369 e. The van der Waals surface area contributed by atoms with E-state index in [2.05, 4.69) is 9.88 Å². The van der Waals surface area contributed by atoms with Gasteiger partial charge in [-0.1, -0.05) is 41.4 Å². The van der Waals surface area contributed by atoms with Crippen molar-refractivity contribution in [1.29, 1.82) is 0 Å². The number of nitrogens with zero attached hydrogens (tertiary/aromatic N) is 3. The van der Waals surface area contributed by atoms with Crippen LogP contribution in [0, 0.1) is 0 Å². The van der Waals surface area contributed by atoms with Gasteiger partial charge in [0.15, 0.2) is 0 Å². The zero-order chi connectivity index (χ0) is 16.4. The van der Waals surface area contributed by atoms with E-state index in [9.17, 15) is 8.42 Å². The van der Waals surface area contributed by atoms with Crippen LogP contribution in [0.1, 0.15) is 0 Å². The quantitative estimate of drug-likeness (QED) is 0.778. The number of hydrogen-bond acceptors (Lipinski definition) is 4. The van der Waals surface area contributed by atoms with E-state index < -0.39 is 10.0 Å². The number of piperazine rings is 1. The molecule has 5 nitrogen and oxygen atoms in total. The molecule has 1 aliphatic heterocycles. The smallest absolute Gasteiger partial charge is 0.244 e. The number of benzene rings is 1. The largest absolute Gasteiger partial charge is 0.369 e. The van der Waals surface area contributed by atoms with Gasteiger partial charge in [0.25, 0.3) is 0 Å². The zero-order valence-electron chi connectivity index (χ0n) is 12.2. The molecular formula is C15H15Cl2N3O2S. The predicted molar refractivity (Wildman–Crippen MR) is 91.7 cm³/mol. The van der Waals surface area contributed by atoms with Crippen LogP contribution in [0.25, 0.3) is 0 Å². The van der Waals surface area contributed by atoms with Crippen LogP contribution in [0.3, 0.4) is 0 Å². The molecule has 0 amide bonds. The maximum Gasteiger partial charge on any atom is 0.244 e. The second-order valence-corrected chi connectivity index (χ2v) is 7.87. The molecule has 1 saturated heterocycles. The molecule has 2 heterocycles. The molecule has 0 aliphatic carbocycles. The van der Waals surface area contributed by atoms with Gasteiger partial charge in [-0.15, -0.1) is 0 Å². The van der Waals surface area contributed by atoms with Crippen molar-refractivity contribution >= 4 is 38.9 Å². The van der Waals surface area contributed by atoms with Crippen LogP contribution in [0.15, 0.2) is 47.5 Å². The maximum absolute atomic E-state index is 12.7. The Bertz CT molecular complexity index is 792. The van der Waals surface area contributed by atoms with Gasteiger partial charge in [0.05, 0.1) is 5.02 Å². The van der Waals surface area contributed by atoms with Crippen molar-refractivity contribution in [3.63, 3.8) is 0 Å². The summed E-state index contributed by atoms with van der Waals surface area (Å²) < 4.78 is 26.8. The minimum absolute atomic E-state index is 0.0695. The van der Waals surface area contributed by atoms with Crippen LogP contribution in [-0.2, 0) is 10.0 Å². The number of hydrogen-bond donors (Lipinski definition) is 0. The third kappa shape index (κ3) is 3.45. The zero-order valence-corrected chi connectivity index (χ0v) is 14.5. The lowest BCUT2D eigenvalue weighted by atomic mass is 10.2. The standard InChI is InChI=1S/C15H15Cl2N3O2S/c16-14-10-13(11-18-15(14)17)23(21,22)20-8-6-19(7-9-20)12-4-2-1-3-5-12/h1-5,10-11H,6-9H2. The molecule has 1 aromatic carbocycles. The summed E-state index contributed by atoms with van der Waals surface area (Å²) in [5, 5.41) is 0.232.